The fraction of sp³-hybridized carbons (Fsp3) is 0.650. The van der Waals surface area contributed by atoms with Gasteiger partial charge in [0.2, 0.25) is 0 Å². The van der Waals surface area contributed by atoms with E-state index in [0.717, 1.165) is 11.8 Å². The number of hydrogen-bond acceptors (Lipinski definition) is 2. The minimum Gasteiger partial charge on any atom is -0.298 e. The Hall–Kier alpha value is -0.760. The van der Waals surface area contributed by atoms with Gasteiger partial charge < -0.3 is 0 Å². The molecule has 0 radical (unpaired) electrons. The Bertz CT molecular complexity index is 372. The van der Waals surface area contributed by atoms with Crippen LogP contribution in [0.25, 0.3) is 0 Å². The van der Waals surface area contributed by atoms with Crippen molar-refractivity contribution >= 4 is 18.0 Å². The van der Waals surface area contributed by atoms with Crippen LogP contribution in [-0.4, -0.2) is 12.0 Å². The smallest absolute Gasteiger partial charge is 0.150 e. The molecule has 1 aromatic carbocycles. The van der Waals surface area contributed by atoms with Gasteiger partial charge in [-0.25, -0.2) is 0 Å². The zero-order valence-corrected chi connectivity index (χ0v) is 15.0. The van der Waals surface area contributed by atoms with Crippen LogP contribution in [-0.2, 0) is 0 Å². The average Bonchev–Trinajstić information content (AvgIpc) is 2.56. The van der Waals surface area contributed by atoms with Gasteiger partial charge in [0.25, 0.3) is 0 Å². The number of unbranched alkanes of at least 4 members (excludes halogenated alkanes) is 10. The zero-order valence-electron chi connectivity index (χ0n) is 14.2. The molecule has 0 N–H and O–H groups in total. The number of carbonyl (C=O) groups is 1. The Balaban J connectivity index is 1.86. The maximum Gasteiger partial charge on any atom is 0.150 e. The number of benzene rings is 1. The van der Waals surface area contributed by atoms with Gasteiger partial charge in [-0.15, -0.1) is 11.8 Å². The molecular weight excluding hydrogens is 288 g/mol. The van der Waals surface area contributed by atoms with Crippen LogP contribution in [0.1, 0.15) is 87.9 Å². The molecule has 0 aromatic heterocycles. The van der Waals surface area contributed by atoms with Gasteiger partial charge in [-0.2, -0.15) is 0 Å². The SMILES string of the molecule is CCCCCCCCCCCCCSc1ccc(C=O)cc1. The largest absolute Gasteiger partial charge is 0.298 e. The maximum absolute atomic E-state index is 10.6. The Morgan fingerprint density at radius 2 is 1.27 bits per heavy atom. The van der Waals surface area contributed by atoms with Crippen molar-refractivity contribution in [3.05, 3.63) is 29.8 Å². The van der Waals surface area contributed by atoms with Crippen molar-refractivity contribution < 1.29 is 4.79 Å². The van der Waals surface area contributed by atoms with Gasteiger partial charge in [-0.05, 0) is 24.3 Å². The molecule has 1 nitrogen and oxygen atoms in total. The summed E-state index contributed by atoms with van der Waals surface area (Å²) in [5, 5.41) is 0. The summed E-state index contributed by atoms with van der Waals surface area (Å²) in [5.74, 6) is 1.19. The van der Waals surface area contributed by atoms with E-state index >= 15 is 0 Å². The van der Waals surface area contributed by atoms with Crippen molar-refractivity contribution in [1.29, 1.82) is 0 Å². The molecule has 1 rings (SSSR count). The lowest BCUT2D eigenvalue weighted by atomic mass is 10.1. The van der Waals surface area contributed by atoms with Gasteiger partial charge in [-0.3, -0.25) is 4.79 Å². The van der Waals surface area contributed by atoms with Gasteiger partial charge in [0.15, 0.2) is 0 Å². The van der Waals surface area contributed by atoms with Crippen molar-refractivity contribution in [2.45, 2.75) is 82.4 Å². The van der Waals surface area contributed by atoms with Crippen LogP contribution in [0.4, 0.5) is 0 Å². The highest BCUT2D eigenvalue weighted by atomic mass is 32.2. The van der Waals surface area contributed by atoms with Gasteiger partial charge >= 0.3 is 0 Å². The normalized spacial score (nSPS) is 10.8. The van der Waals surface area contributed by atoms with Crippen molar-refractivity contribution in [1.82, 2.24) is 0 Å². The summed E-state index contributed by atoms with van der Waals surface area (Å²) in [5.41, 5.74) is 0.763. The number of rotatable bonds is 14. The fourth-order valence-electron chi connectivity index (χ4n) is 2.60. The van der Waals surface area contributed by atoms with E-state index in [-0.39, 0.29) is 0 Å². The van der Waals surface area contributed by atoms with E-state index in [1.54, 1.807) is 0 Å². The van der Waals surface area contributed by atoms with E-state index in [1.165, 1.54) is 81.3 Å². The van der Waals surface area contributed by atoms with Crippen LogP contribution in [0.15, 0.2) is 29.2 Å². The minimum atomic E-state index is 0.763. The van der Waals surface area contributed by atoms with Crippen molar-refractivity contribution in [2.24, 2.45) is 0 Å². The van der Waals surface area contributed by atoms with E-state index < -0.39 is 0 Å². The van der Waals surface area contributed by atoms with E-state index in [4.69, 9.17) is 0 Å². The molecule has 0 aliphatic carbocycles. The summed E-state index contributed by atoms with van der Waals surface area (Å²) in [7, 11) is 0. The molecular formula is C20H32OS. The van der Waals surface area contributed by atoms with E-state index in [1.807, 2.05) is 36.0 Å². The van der Waals surface area contributed by atoms with Gasteiger partial charge in [0.05, 0.1) is 0 Å². The summed E-state index contributed by atoms with van der Waals surface area (Å²) in [6.07, 6.45) is 16.3. The third-order valence-corrected chi connectivity index (χ3v) is 5.13. The van der Waals surface area contributed by atoms with E-state index in [9.17, 15) is 4.79 Å². The molecule has 0 aliphatic heterocycles. The second-order valence-corrected chi connectivity index (χ2v) is 7.24. The van der Waals surface area contributed by atoms with Crippen molar-refractivity contribution in [3.8, 4) is 0 Å². The first-order valence-corrected chi connectivity index (χ1v) is 10.0. The third-order valence-electron chi connectivity index (χ3n) is 4.03. The van der Waals surface area contributed by atoms with Gasteiger partial charge in [0.1, 0.15) is 6.29 Å². The molecule has 0 amide bonds. The molecule has 124 valence electrons. The van der Waals surface area contributed by atoms with Gasteiger partial charge in [-0.1, -0.05) is 83.3 Å². The molecule has 0 saturated heterocycles. The highest BCUT2D eigenvalue weighted by Crippen LogP contribution is 2.20. The molecule has 22 heavy (non-hydrogen) atoms. The molecule has 0 heterocycles. The molecule has 2 heteroatoms. The number of aldehydes is 1. The first-order valence-electron chi connectivity index (χ1n) is 9.05. The lowest BCUT2D eigenvalue weighted by molar-refractivity contribution is 0.112. The van der Waals surface area contributed by atoms with Crippen LogP contribution in [0.3, 0.4) is 0 Å². The standard InChI is InChI=1S/C20H32OS/c1-2-3-4-5-6-7-8-9-10-11-12-17-22-20-15-13-19(18-21)14-16-20/h13-16,18H,2-12,17H2,1H3. The molecule has 0 fully saturated rings. The van der Waals surface area contributed by atoms with Crippen LogP contribution in [0.5, 0.6) is 0 Å². The number of thioether (sulfide) groups is 1. The van der Waals surface area contributed by atoms with Crippen molar-refractivity contribution in [3.63, 3.8) is 0 Å². The molecule has 0 bridgehead atoms. The molecule has 0 unspecified atom stereocenters. The maximum atomic E-state index is 10.6. The first-order chi connectivity index (χ1) is 10.9. The van der Waals surface area contributed by atoms with E-state index in [0.29, 0.717) is 0 Å². The van der Waals surface area contributed by atoms with Crippen LogP contribution in [0, 0.1) is 0 Å². The highest BCUT2D eigenvalue weighted by Gasteiger charge is 1.96. The molecule has 0 spiro atoms. The van der Waals surface area contributed by atoms with Crippen molar-refractivity contribution in [2.75, 3.05) is 5.75 Å². The average molecular weight is 321 g/mol. The molecule has 0 saturated carbocycles. The summed E-state index contributed by atoms with van der Waals surface area (Å²) < 4.78 is 0. The second kappa shape index (κ2) is 13.9. The Morgan fingerprint density at radius 1 is 0.773 bits per heavy atom. The second-order valence-electron chi connectivity index (χ2n) is 6.07. The topological polar surface area (TPSA) is 17.1 Å². The summed E-state index contributed by atoms with van der Waals surface area (Å²) in [6, 6.07) is 7.89. The van der Waals surface area contributed by atoms with Crippen LogP contribution in [0.2, 0.25) is 0 Å². The summed E-state index contributed by atoms with van der Waals surface area (Å²) >= 11 is 1.90. The lowest BCUT2D eigenvalue weighted by Gasteiger charge is -2.03. The highest BCUT2D eigenvalue weighted by molar-refractivity contribution is 7.99. The van der Waals surface area contributed by atoms with Crippen LogP contribution >= 0.6 is 11.8 Å². The summed E-state index contributed by atoms with van der Waals surface area (Å²) in [6.45, 7) is 2.28. The molecule has 0 aliphatic rings. The Morgan fingerprint density at radius 3 is 1.77 bits per heavy atom. The van der Waals surface area contributed by atoms with Crippen LogP contribution < -0.4 is 0 Å². The fourth-order valence-corrected chi connectivity index (χ4v) is 3.51. The number of carbonyl (C=O) groups excluding carboxylic acids is 1. The zero-order chi connectivity index (χ0) is 15.9. The lowest BCUT2D eigenvalue weighted by Crippen LogP contribution is -1.84. The van der Waals surface area contributed by atoms with Gasteiger partial charge in [0, 0.05) is 10.5 Å². The van der Waals surface area contributed by atoms with E-state index in [2.05, 4.69) is 6.92 Å². The Labute approximate surface area is 141 Å². The monoisotopic (exact) mass is 320 g/mol. The number of hydrogen-bond donors (Lipinski definition) is 0. The Kier molecular flexibility index (Phi) is 12.2. The third kappa shape index (κ3) is 10.0. The summed E-state index contributed by atoms with van der Waals surface area (Å²) in [4.78, 5) is 11.9. The predicted molar refractivity (Wildman–Crippen MR) is 99.0 cm³/mol. The molecule has 0 atom stereocenters. The quantitative estimate of drug-likeness (QED) is 0.211. The molecule has 1 aromatic rings. The predicted octanol–water partition coefficient (Wildman–Crippen LogP) is 6.90. The first kappa shape index (κ1) is 19.3. The minimum absolute atomic E-state index is 0.763.